The van der Waals surface area contributed by atoms with Gasteiger partial charge in [-0.25, -0.2) is 0 Å². The maximum Gasteiger partial charge on any atom is 0.302 e. The largest absolute Gasteiger partial charge is 0.494 e. The van der Waals surface area contributed by atoms with E-state index < -0.39 is 0 Å². The Morgan fingerprint density at radius 1 is 1.05 bits per heavy atom. The Kier molecular flexibility index (Phi) is 10.6. The highest BCUT2D eigenvalue weighted by Gasteiger charge is 2.27. The molecule has 1 saturated heterocycles. The minimum absolute atomic E-state index is 0.115. The van der Waals surface area contributed by atoms with E-state index in [4.69, 9.17) is 9.47 Å². The minimum atomic E-state index is -0.230. The van der Waals surface area contributed by atoms with Crippen molar-refractivity contribution in [2.24, 2.45) is 5.92 Å². The lowest BCUT2D eigenvalue weighted by molar-refractivity contribution is -0.142. The molecule has 0 spiro atoms. The molecule has 2 fully saturated rings. The number of nitrogens with zero attached hydrogens (tertiary/aromatic N) is 2. The maximum atomic E-state index is 13.3. The molecule has 1 aromatic heterocycles. The Morgan fingerprint density at radius 3 is 2.71 bits per heavy atom. The lowest BCUT2D eigenvalue weighted by Gasteiger charge is -2.32. The number of amides is 1. The van der Waals surface area contributed by atoms with E-state index in [1.807, 2.05) is 18.2 Å². The molecule has 1 aliphatic carbocycles. The van der Waals surface area contributed by atoms with Crippen molar-refractivity contribution in [2.45, 2.75) is 77.2 Å². The first-order valence-corrected chi connectivity index (χ1v) is 14.4. The summed E-state index contributed by atoms with van der Waals surface area (Å²) in [4.78, 5) is 43.3. The number of fused-ring (bicyclic) bond motifs is 1. The number of aromatic amines is 1. The summed E-state index contributed by atoms with van der Waals surface area (Å²) in [7, 11) is 0. The van der Waals surface area contributed by atoms with Gasteiger partial charge in [-0.2, -0.15) is 0 Å². The van der Waals surface area contributed by atoms with Crippen LogP contribution in [-0.4, -0.2) is 72.1 Å². The quantitative estimate of drug-likeness (QED) is 0.306. The second-order valence-corrected chi connectivity index (χ2v) is 10.9. The molecule has 1 amide bonds. The van der Waals surface area contributed by atoms with Crippen molar-refractivity contribution >= 4 is 22.8 Å². The zero-order valence-corrected chi connectivity index (χ0v) is 22.8. The van der Waals surface area contributed by atoms with Crippen LogP contribution in [0.4, 0.5) is 0 Å². The first-order chi connectivity index (χ1) is 18.5. The van der Waals surface area contributed by atoms with Crippen LogP contribution in [0.5, 0.6) is 5.75 Å². The predicted molar refractivity (Wildman–Crippen MR) is 148 cm³/mol. The molecule has 2 heterocycles. The van der Waals surface area contributed by atoms with Crippen molar-refractivity contribution in [1.82, 2.24) is 14.8 Å². The van der Waals surface area contributed by atoms with Crippen LogP contribution in [0.15, 0.2) is 35.1 Å². The van der Waals surface area contributed by atoms with E-state index in [1.165, 1.54) is 45.1 Å². The fraction of sp³-hybridized carbons (Fsp3) is 0.633. The van der Waals surface area contributed by atoms with Gasteiger partial charge in [0, 0.05) is 56.0 Å². The molecule has 1 atom stereocenters. The number of hydrogen-bond donors (Lipinski definition) is 1. The molecule has 2 aromatic rings. The van der Waals surface area contributed by atoms with Crippen LogP contribution < -0.4 is 10.3 Å². The van der Waals surface area contributed by atoms with Gasteiger partial charge in [-0.15, -0.1) is 0 Å². The van der Waals surface area contributed by atoms with E-state index in [1.54, 1.807) is 6.07 Å². The normalized spacial score (nSPS) is 18.5. The van der Waals surface area contributed by atoms with E-state index in [-0.39, 0.29) is 23.5 Å². The molecular weight excluding hydrogens is 482 g/mol. The summed E-state index contributed by atoms with van der Waals surface area (Å²) in [5, 5.41) is 0.934. The topological polar surface area (TPSA) is 91.9 Å². The van der Waals surface area contributed by atoms with Gasteiger partial charge in [0.25, 0.3) is 0 Å². The van der Waals surface area contributed by atoms with Crippen molar-refractivity contribution in [3.63, 3.8) is 0 Å². The molecule has 38 heavy (non-hydrogen) atoms. The van der Waals surface area contributed by atoms with Crippen LogP contribution in [0.3, 0.4) is 0 Å². The Bertz CT molecular complexity index is 1110. The van der Waals surface area contributed by atoms with Gasteiger partial charge in [0.05, 0.1) is 6.61 Å². The Hall–Kier alpha value is -2.87. The van der Waals surface area contributed by atoms with Crippen molar-refractivity contribution in [3.05, 3.63) is 40.7 Å². The van der Waals surface area contributed by atoms with Crippen LogP contribution >= 0.6 is 0 Å². The summed E-state index contributed by atoms with van der Waals surface area (Å²) in [5.41, 5.74) is 0.677. The monoisotopic (exact) mass is 525 g/mol. The number of rotatable bonds is 13. The summed E-state index contributed by atoms with van der Waals surface area (Å²) in [5.74, 6) is 1.38. The molecule has 4 rings (SSSR count). The lowest BCUT2D eigenvalue weighted by Crippen LogP contribution is -2.43. The average molecular weight is 526 g/mol. The molecule has 0 bridgehead atoms. The number of hydrogen-bond acceptors (Lipinski definition) is 6. The van der Waals surface area contributed by atoms with E-state index in [2.05, 4.69) is 14.8 Å². The number of nitrogens with one attached hydrogen (secondary N) is 1. The van der Waals surface area contributed by atoms with Crippen LogP contribution in [0.2, 0.25) is 0 Å². The van der Waals surface area contributed by atoms with Crippen molar-refractivity contribution < 1.29 is 19.1 Å². The van der Waals surface area contributed by atoms with Gasteiger partial charge in [-0.1, -0.05) is 19.3 Å². The van der Waals surface area contributed by atoms with Crippen molar-refractivity contribution in [1.29, 1.82) is 0 Å². The molecule has 2 aliphatic rings. The fourth-order valence-electron chi connectivity index (χ4n) is 5.79. The van der Waals surface area contributed by atoms with Gasteiger partial charge in [-0.3, -0.25) is 19.3 Å². The van der Waals surface area contributed by atoms with Gasteiger partial charge < -0.3 is 19.4 Å². The Labute approximate surface area is 225 Å². The smallest absolute Gasteiger partial charge is 0.302 e. The highest BCUT2D eigenvalue weighted by Crippen LogP contribution is 2.25. The SMILES string of the molecule is CC(=O)OC[C@H]1CCCN1CCN(CC1CCCCC1)C(=O)CCCCOc1ccc2[nH]c(=O)ccc2c1. The predicted octanol–water partition coefficient (Wildman–Crippen LogP) is 4.51. The van der Waals surface area contributed by atoms with E-state index in [9.17, 15) is 14.4 Å². The molecule has 0 radical (unpaired) electrons. The third-order valence-electron chi connectivity index (χ3n) is 7.94. The molecule has 1 aromatic carbocycles. The number of likely N-dealkylation sites (tertiary alicyclic amines) is 1. The zero-order valence-electron chi connectivity index (χ0n) is 22.8. The van der Waals surface area contributed by atoms with Crippen molar-refractivity contribution in [3.8, 4) is 5.75 Å². The molecule has 8 heteroatoms. The van der Waals surface area contributed by atoms with Gasteiger partial charge in [0.2, 0.25) is 11.5 Å². The van der Waals surface area contributed by atoms with Crippen LogP contribution in [0.1, 0.15) is 71.1 Å². The summed E-state index contributed by atoms with van der Waals surface area (Å²) in [6, 6.07) is 9.22. The third kappa shape index (κ3) is 8.58. The number of pyridine rings is 1. The van der Waals surface area contributed by atoms with E-state index in [0.29, 0.717) is 25.6 Å². The average Bonchev–Trinajstić information content (AvgIpc) is 3.37. The molecule has 1 N–H and O–H groups in total. The number of H-pyrrole nitrogens is 1. The fourth-order valence-corrected chi connectivity index (χ4v) is 5.79. The molecule has 8 nitrogen and oxygen atoms in total. The number of ether oxygens (including phenoxy) is 2. The second kappa shape index (κ2) is 14.3. The second-order valence-electron chi connectivity index (χ2n) is 10.9. The van der Waals surface area contributed by atoms with E-state index in [0.717, 1.165) is 68.5 Å². The third-order valence-corrected chi connectivity index (χ3v) is 7.94. The standard InChI is InChI=1S/C30H43N3O5/c1-23(34)38-22-26-10-7-16-32(26)17-18-33(21-24-8-3-2-4-9-24)30(36)11-5-6-19-37-27-13-14-28-25(20-27)12-15-29(35)31-28/h12-15,20,24,26H,2-11,16-19,21-22H2,1H3,(H,31,35)/t26-/m1/s1. The summed E-state index contributed by atoms with van der Waals surface area (Å²) >= 11 is 0. The highest BCUT2D eigenvalue weighted by atomic mass is 16.5. The maximum absolute atomic E-state index is 13.3. The number of esters is 1. The Balaban J connectivity index is 1.23. The molecule has 0 unspecified atom stereocenters. The summed E-state index contributed by atoms with van der Waals surface area (Å²) in [6.07, 6.45) is 10.6. The highest BCUT2D eigenvalue weighted by molar-refractivity contribution is 5.79. The number of carbonyl (C=O) groups excluding carboxylic acids is 2. The van der Waals surface area contributed by atoms with Crippen LogP contribution in [0, 0.1) is 5.92 Å². The molecular formula is C30H43N3O5. The number of benzene rings is 1. The van der Waals surface area contributed by atoms with Crippen LogP contribution in [0.25, 0.3) is 10.9 Å². The number of aromatic nitrogens is 1. The minimum Gasteiger partial charge on any atom is -0.494 e. The van der Waals surface area contributed by atoms with Gasteiger partial charge in [0.15, 0.2) is 0 Å². The molecule has 1 saturated carbocycles. The van der Waals surface area contributed by atoms with Crippen LogP contribution in [-0.2, 0) is 14.3 Å². The Morgan fingerprint density at radius 2 is 1.89 bits per heavy atom. The van der Waals surface area contributed by atoms with E-state index >= 15 is 0 Å². The van der Waals surface area contributed by atoms with Crippen molar-refractivity contribution in [2.75, 3.05) is 39.4 Å². The lowest BCUT2D eigenvalue weighted by atomic mass is 9.89. The van der Waals surface area contributed by atoms with Gasteiger partial charge in [-0.05, 0) is 75.3 Å². The summed E-state index contributed by atoms with van der Waals surface area (Å²) < 4.78 is 11.2. The number of carbonyl (C=O) groups is 2. The summed E-state index contributed by atoms with van der Waals surface area (Å²) in [6.45, 7) is 5.89. The number of unbranched alkanes of at least 4 members (excludes halogenated alkanes) is 1. The van der Waals surface area contributed by atoms with Gasteiger partial charge in [0.1, 0.15) is 12.4 Å². The first-order valence-electron chi connectivity index (χ1n) is 14.4. The molecule has 1 aliphatic heterocycles. The first kappa shape index (κ1) is 28.1. The van der Waals surface area contributed by atoms with Gasteiger partial charge >= 0.3 is 5.97 Å². The molecule has 208 valence electrons. The zero-order chi connectivity index (χ0) is 26.7.